The van der Waals surface area contributed by atoms with Crippen molar-refractivity contribution in [1.29, 1.82) is 0 Å². The lowest BCUT2D eigenvalue weighted by molar-refractivity contribution is -0.140. The Labute approximate surface area is 205 Å². The topological polar surface area (TPSA) is 76.1 Å². The Morgan fingerprint density at radius 1 is 0.971 bits per heavy atom. The standard InChI is InChI=1S/C29H29NO5/c1-4-15-35-23-13-11-21(12-14-23)27(31)25-26(22-9-5-7-19(2)16-22)30(29(33)28(25)32)18-20-8-6-10-24(17-20)34-3/h5-14,16-17,26,31H,4,15,18H2,1-3H3/b27-25-. The van der Waals surface area contributed by atoms with Gasteiger partial charge in [0.2, 0.25) is 0 Å². The maximum atomic E-state index is 13.3. The summed E-state index contributed by atoms with van der Waals surface area (Å²) < 4.78 is 10.9. The van der Waals surface area contributed by atoms with Gasteiger partial charge in [-0.05, 0) is 60.9 Å². The lowest BCUT2D eigenvalue weighted by Gasteiger charge is -2.26. The Hall–Kier alpha value is -4.06. The van der Waals surface area contributed by atoms with Gasteiger partial charge in [-0.3, -0.25) is 9.59 Å². The molecular weight excluding hydrogens is 442 g/mol. The van der Waals surface area contributed by atoms with Gasteiger partial charge in [0.25, 0.3) is 11.7 Å². The van der Waals surface area contributed by atoms with E-state index >= 15 is 0 Å². The molecule has 1 amide bonds. The molecule has 4 rings (SSSR count). The monoisotopic (exact) mass is 471 g/mol. The van der Waals surface area contributed by atoms with Crippen LogP contribution in [0.3, 0.4) is 0 Å². The predicted molar refractivity (Wildman–Crippen MR) is 134 cm³/mol. The van der Waals surface area contributed by atoms with Gasteiger partial charge in [0.05, 0.1) is 25.3 Å². The van der Waals surface area contributed by atoms with Crippen LogP contribution in [0.5, 0.6) is 11.5 Å². The van der Waals surface area contributed by atoms with Gasteiger partial charge in [-0.2, -0.15) is 0 Å². The molecule has 1 aliphatic rings. The molecule has 1 fully saturated rings. The van der Waals surface area contributed by atoms with Crippen LogP contribution in [-0.2, 0) is 16.1 Å². The summed E-state index contributed by atoms with van der Waals surface area (Å²) in [6.45, 7) is 4.76. The fraction of sp³-hybridized carbons (Fsp3) is 0.241. The summed E-state index contributed by atoms with van der Waals surface area (Å²) in [5.41, 5.74) is 3.10. The normalized spacial score (nSPS) is 17.0. The quantitative estimate of drug-likeness (QED) is 0.270. The fourth-order valence-corrected chi connectivity index (χ4v) is 4.28. The molecule has 1 aliphatic heterocycles. The zero-order valence-corrected chi connectivity index (χ0v) is 20.2. The number of rotatable bonds is 8. The van der Waals surface area contributed by atoms with Crippen LogP contribution in [0.2, 0.25) is 0 Å². The summed E-state index contributed by atoms with van der Waals surface area (Å²) in [5, 5.41) is 11.3. The number of aryl methyl sites for hydroxylation is 1. The molecule has 0 aliphatic carbocycles. The van der Waals surface area contributed by atoms with Crippen molar-refractivity contribution in [2.45, 2.75) is 32.9 Å². The largest absolute Gasteiger partial charge is 0.507 e. The van der Waals surface area contributed by atoms with Crippen molar-refractivity contribution in [3.05, 3.63) is 101 Å². The van der Waals surface area contributed by atoms with Crippen molar-refractivity contribution in [3.63, 3.8) is 0 Å². The Kier molecular flexibility index (Phi) is 7.20. The zero-order valence-electron chi connectivity index (χ0n) is 20.2. The second-order valence-electron chi connectivity index (χ2n) is 8.57. The van der Waals surface area contributed by atoms with Crippen molar-refractivity contribution in [3.8, 4) is 11.5 Å². The SMILES string of the molecule is CCCOc1ccc(/C(O)=C2/C(=O)C(=O)N(Cc3cccc(OC)c3)C2c2cccc(C)c2)cc1. The first kappa shape index (κ1) is 24.1. The zero-order chi connectivity index (χ0) is 24.9. The van der Waals surface area contributed by atoms with Gasteiger partial charge in [-0.25, -0.2) is 0 Å². The second-order valence-corrected chi connectivity index (χ2v) is 8.57. The number of hydrogen-bond donors (Lipinski definition) is 1. The maximum absolute atomic E-state index is 13.3. The molecule has 1 unspecified atom stereocenters. The van der Waals surface area contributed by atoms with E-state index in [1.807, 2.05) is 62.4 Å². The number of carbonyl (C=O) groups is 2. The third kappa shape index (κ3) is 5.06. The van der Waals surface area contributed by atoms with Crippen LogP contribution in [0.25, 0.3) is 5.76 Å². The van der Waals surface area contributed by atoms with E-state index in [1.165, 1.54) is 4.90 Å². The molecular formula is C29H29NO5. The lowest BCUT2D eigenvalue weighted by Crippen LogP contribution is -2.29. The number of aliphatic hydroxyl groups excluding tert-OH is 1. The van der Waals surface area contributed by atoms with E-state index in [4.69, 9.17) is 9.47 Å². The van der Waals surface area contributed by atoms with E-state index in [0.29, 0.717) is 23.7 Å². The number of ketones is 1. The van der Waals surface area contributed by atoms with Gasteiger partial charge < -0.3 is 19.5 Å². The molecule has 1 N–H and O–H groups in total. The van der Waals surface area contributed by atoms with Gasteiger partial charge in [0.1, 0.15) is 17.3 Å². The maximum Gasteiger partial charge on any atom is 0.295 e. The van der Waals surface area contributed by atoms with E-state index in [9.17, 15) is 14.7 Å². The highest BCUT2D eigenvalue weighted by atomic mass is 16.5. The average Bonchev–Trinajstić information content (AvgIpc) is 3.12. The average molecular weight is 472 g/mol. The minimum atomic E-state index is -0.725. The van der Waals surface area contributed by atoms with Gasteiger partial charge in [-0.1, -0.05) is 48.9 Å². The summed E-state index contributed by atoms with van der Waals surface area (Å²) in [6.07, 6.45) is 0.884. The summed E-state index contributed by atoms with van der Waals surface area (Å²) >= 11 is 0. The van der Waals surface area contributed by atoms with E-state index in [1.54, 1.807) is 31.4 Å². The van der Waals surface area contributed by atoms with Gasteiger partial charge in [0, 0.05) is 12.1 Å². The molecule has 1 heterocycles. The minimum Gasteiger partial charge on any atom is -0.507 e. The number of ether oxygens (including phenoxy) is 2. The minimum absolute atomic E-state index is 0.0747. The number of methoxy groups -OCH3 is 1. The molecule has 6 heteroatoms. The molecule has 180 valence electrons. The number of carbonyl (C=O) groups excluding carboxylic acids is 2. The van der Waals surface area contributed by atoms with E-state index < -0.39 is 17.7 Å². The van der Waals surface area contributed by atoms with E-state index in [2.05, 4.69) is 0 Å². The summed E-state index contributed by atoms with van der Waals surface area (Å²) in [7, 11) is 1.58. The van der Waals surface area contributed by atoms with Crippen LogP contribution in [-0.4, -0.2) is 35.4 Å². The van der Waals surface area contributed by atoms with E-state index in [0.717, 1.165) is 23.1 Å². The molecule has 6 nitrogen and oxygen atoms in total. The molecule has 0 aromatic heterocycles. The third-order valence-electron chi connectivity index (χ3n) is 5.99. The van der Waals surface area contributed by atoms with Crippen LogP contribution in [0.4, 0.5) is 0 Å². The molecule has 3 aromatic carbocycles. The van der Waals surface area contributed by atoms with Gasteiger partial charge >= 0.3 is 0 Å². The van der Waals surface area contributed by atoms with Crippen molar-refractivity contribution in [1.82, 2.24) is 4.90 Å². The Morgan fingerprint density at radius 2 is 1.71 bits per heavy atom. The Bertz CT molecular complexity index is 1260. The Morgan fingerprint density at radius 3 is 2.40 bits per heavy atom. The summed E-state index contributed by atoms with van der Waals surface area (Å²) in [5.74, 6) is -0.217. The lowest BCUT2D eigenvalue weighted by atomic mass is 9.94. The number of aliphatic hydroxyl groups is 1. The molecule has 1 saturated heterocycles. The molecule has 3 aromatic rings. The first-order valence-electron chi connectivity index (χ1n) is 11.6. The van der Waals surface area contributed by atoms with Crippen LogP contribution in [0.1, 0.15) is 41.6 Å². The molecule has 1 atom stereocenters. The van der Waals surface area contributed by atoms with Crippen molar-refractivity contribution in [2.75, 3.05) is 13.7 Å². The highest BCUT2D eigenvalue weighted by molar-refractivity contribution is 6.46. The third-order valence-corrected chi connectivity index (χ3v) is 5.99. The number of benzene rings is 3. The number of amides is 1. The van der Waals surface area contributed by atoms with Gasteiger partial charge in [0.15, 0.2) is 0 Å². The van der Waals surface area contributed by atoms with E-state index in [-0.39, 0.29) is 17.9 Å². The first-order valence-corrected chi connectivity index (χ1v) is 11.6. The number of Topliss-reactive ketones (excluding diaryl/α,β-unsaturated/α-hetero) is 1. The van der Waals surface area contributed by atoms with Crippen LogP contribution in [0.15, 0.2) is 78.4 Å². The second kappa shape index (κ2) is 10.5. The number of hydrogen-bond acceptors (Lipinski definition) is 5. The van der Waals surface area contributed by atoms with Crippen molar-refractivity contribution < 1.29 is 24.2 Å². The fourth-order valence-electron chi connectivity index (χ4n) is 4.28. The molecule has 0 saturated carbocycles. The highest BCUT2D eigenvalue weighted by Crippen LogP contribution is 2.40. The first-order chi connectivity index (χ1) is 16.9. The van der Waals surface area contributed by atoms with Crippen molar-refractivity contribution in [2.24, 2.45) is 0 Å². The summed E-state index contributed by atoms with van der Waals surface area (Å²) in [4.78, 5) is 28.0. The van der Waals surface area contributed by atoms with Crippen LogP contribution >= 0.6 is 0 Å². The molecule has 0 radical (unpaired) electrons. The highest BCUT2D eigenvalue weighted by Gasteiger charge is 2.46. The van der Waals surface area contributed by atoms with Gasteiger partial charge in [-0.15, -0.1) is 0 Å². The summed E-state index contributed by atoms with van der Waals surface area (Å²) in [6, 6.07) is 21.2. The predicted octanol–water partition coefficient (Wildman–Crippen LogP) is 5.41. The molecule has 35 heavy (non-hydrogen) atoms. The number of nitrogens with zero attached hydrogens (tertiary/aromatic N) is 1. The molecule has 0 spiro atoms. The smallest absolute Gasteiger partial charge is 0.295 e. The Balaban J connectivity index is 1.78. The van der Waals surface area contributed by atoms with Crippen LogP contribution in [0, 0.1) is 6.92 Å². The number of likely N-dealkylation sites (tertiary alicyclic amines) is 1. The molecule has 0 bridgehead atoms. The van der Waals surface area contributed by atoms with Crippen molar-refractivity contribution >= 4 is 17.4 Å². The van der Waals surface area contributed by atoms with Crippen LogP contribution < -0.4 is 9.47 Å².